The molecule has 0 radical (unpaired) electrons. The lowest BCUT2D eigenvalue weighted by Crippen LogP contribution is -2.43. The molecule has 2 aromatic rings. The molecule has 0 amide bonds. The number of nitrogens with one attached hydrogen (secondary N) is 1. The first kappa shape index (κ1) is 16.4. The van der Waals surface area contributed by atoms with Crippen LogP contribution in [0.25, 0.3) is 0 Å². The fraction of sp³-hybridized carbons (Fsp3) is 0.235. The minimum absolute atomic E-state index is 0.124. The van der Waals surface area contributed by atoms with E-state index in [1.165, 1.54) is 11.6 Å². The van der Waals surface area contributed by atoms with Gasteiger partial charge in [0.15, 0.2) is 0 Å². The number of methoxy groups -OCH3 is 1. The van der Waals surface area contributed by atoms with Crippen molar-refractivity contribution >= 4 is 5.82 Å². The van der Waals surface area contributed by atoms with E-state index in [4.69, 9.17) is 10.5 Å². The molecule has 1 aromatic heterocycles. The number of hydrogen-bond acceptors (Lipinski definition) is 6. The van der Waals surface area contributed by atoms with Gasteiger partial charge in [0.25, 0.3) is 5.56 Å². The van der Waals surface area contributed by atoms with Crippen LogP contribution in [0.1, 0.15) is 17.0 Å². The highest BCUT2D eigenvalue weighted by atomic mass is 16.5. The fourth-order valence-electron chi connectivity index (χ4n) is 3.03. The third kappa shape index (κ3) is 2.37. The van der Waals surface area contributed by atoms with Gasteiger partial charge in [-0.15, -0.1) is 0 Å². The van der Waals surface area contributed by atoms with Gasteiger partial charge in [-0.1, -0.05) is 12.1 Å². The van der Waals surface area contributed by atoms with E-state index >= 15 is 0 Å². The Labute approximate surface area is 143 Å². The maximum atomic E-state index is 12.8. The molecule has 3 rings (SSSR count). The van der Waals surface area contributed by atoms with E-state index in [0.717, 1.165) is 4.57 Å². The van der Waals surface area contributed by atoms with E-state index in [2.05, 4.69) is 11.4 Å². The summed E-state index contributed by atoms with van der Waals surface area (Å²) >= 11 is 0. The predicted octanol–water partition coefficient (Wildman–Crippen LogP) is 0.344. The van der Waals surface area contributed by atoms with Crippen LogP contribution in [-0.2, 0) is 14.1 Å². The molecular formula is C17H17N5O3. The molecular weight excluding hydrogens is 322 g/mol. The number of aromatic nitrogens is 2. The highest BCUT2D eigenvalue weighted by Gasteiger charge is 2.34. The standard InChI is InChI=1S/C17H17N5O3/c1-21-15-13(16(23)22(2)17(21)24)12(11(8-18)14(19)20-15)9-4-6-10(25-3)7-5-9/h4-7,12,20H,19H2,1-3H3/t12-/m0/s1. The highest BCUT2D eigenvalue weighted by molar-refractivity contribution is 5.64. The van der Waals surface area contributed by atoms with Gasteiger partial charge in [-0.25, -0.2) is 4.79 Å². The second-order valence-electron chi connectivity index (χ2n) is 5.74. The van der Waals surface area contributed by atoms with Gasteiger partial charge in [-0.05, 0) is 17.7 Å². The first-order chi connectivity index (χ1) is 11.9. The number of ether oxygens (including phenoxy) is 1. The Kier molecular flexibility index (Phi) is 3.85. The molecule has 0 fully saturated rings. The molecule has 2 heterocycles. The molecule has 1 atom stereocenters. The summed E-state index contributed by atoms with van der Waals surface area (Å²) in [5.41, 5.74) is 6.30. The minimum atomic E-state index is -0.669. The maximum Gasteiger partial charge on any atom is 0.332 e. The van der Waals surface area contributed by atoms with E-state index in [0.29, 0.717) is 22.7 Å². The van der Waals surface area contributed by atoms with E-state index in [1.54, 1.807) is 38.4 Å². The smallest absolute Gasteiger partial charge is 0.332 e. The van der Waals surface area contributed by atoms with E-state index < -0.39 is 17.2 Å². The third-order valence-electron chi connectivity index (χ3n) is 4.39. The van der Waals surface area contributed by atoms with Crippen LogP contribution in [0.4, 0.5) is 5.82 Å². The molecule has 25 heavy (non-hydrogen) atoms. The number of anilines is 1. The van der Waals surface area contributed by atoms with Crippen molar-refractivity contribution in [1.29, 1.82) is 5.26 Å². The van der Waals surface area contributed by atoms with Crippen LogP contribution in [0.5, 0.6) is 5.75 Å². The Morgan fingerprint density at radius 2 is 1.84 bits per heavy atom. The quantitative estimate of drug-likeness (QED) is 0.815. The summed E-state index contributed by atoms with van der Waals surface area (Å²) in [4.78, 5) is 25.0. The van der Waals surface area contributed by atoms with Crippen molar-refractivity contribution in [2.45, 2.75) is 5.92 Å². The van der Waals surface area contributed by atoms with Crippen LogP contribution in [0.3, 0.4) is 0 Å². The lowest BCUT2D eigenvalue weighted by molar-refractivity contribution is 0.414. The summed E-state index contributed by atoms with van der Waals surface area (Å²) in [5.74, 6) is 0.406. The van der Waals surface area contributed by atoms with E-state index in [-0.39, 0.29) is 11.4 Å². The van der Waals surface area contributed by atoms with Crippen molar-refractivity contribution in [3.8, 4) is 11.8 Å². The number of rotatable bonds is 2. The molecule has 1 aromatic carbocycles. The molecule has 1 aliphatic rings. The summed E-state index contributed by atoms with van der Waals surface area (Å²) < 4.78 is 7.49. The van der Waals surface area contributed by atoms with Gasteiger partial charge in [0.05, 0.1) is 30.2 Å². The third-order valence-corrected chi connectivity index (χ3v) is 4.39. The maximum absolute atomic E-state index is 12.8. The van der Waals surface area contributed by atoms with E-state index in [9.17, 15) is 14.9 Å². The Balaban J connectivity index is 2.36. The van der Waals surface area contributed by atoms with Crippen LogP contribution in [0.2, 0.25) is 0 Å². The van der Waals surface area contributed by atoms with Crippen LogP contribution in [0.15, 0.2) is 45.2 Å². The summed E-state index contributed by atoms with van der Waals surface area (Å²) in [5, 5.41) is 12.4. The van der Waals surface area contributed by atoms with Crippen LogP contribution < -0.4 is 27.0 Å². The molecule has 0 aliphatic carbocycles. The van der Waals surface area contributed by atoms with Gasteiger partial charge < -0.3 is 15.8 Å². The monoisotopic (exact) mass is 339 g/mol. The number of benzene rings is 1. The molecule has 8 nitrogen and oxygen atoms in total. The molecule has 0 unspecified atom stereocenters. The predicted molar refractivity (Wildman–Crippen MR) is 92.2 cm³/mol. The van der Waals surface area contributed by atoms with Gasteiger partial charge in [-0.3, -0.25) is 13.9 Å². The fourth-order valence-corrected chi connectivity index (χ4v) is 3.03. The SMILES string of the molecule is COc1ccc([C@H]2C(C#N)=C(N)Nc3c2c(=O)n(C)c(=O)n3C)cc1. The van der Waals surface area contributed by atoms with Crippen molar-refractivity contribution in [2.24, 2.45) is 19.8 Å². The van der Waals surface area contributed by atoms with Crippen LogP contribution in [0, 0.1) is 11.3 Å². The molecule has 1 aliphatic heterocycles. The Morgan fingerprint density at radius 1 is 1.20 bits per heavy atom. The minimum Gasteiger partial charge on any atom is -0.497 e. The largest absolute Gasteiger partial charge is 0.497 e. The molecule has 0 saturated carbocycles. The Bertz CT molecular complexity index is 1040. The van der Waals surface area contributed by atoms with Crippen molar-refractivity contribution < 1.29 is 4.74 Å². The molecule has 3 N–H and O–H groups in total. The van der Waals surface area contributed by atoms with Crippen molar-refractivity contribution in [3.63, 3.8) is 0 Å². The second-order valence-corrected chi connectivity index (χ2v) is 5.74. The summed E-state index contributed by atoms with van der Waals surface area (Å²) in [6, 6.07) is 9.11. The summed E-state index contributed by atoms with van der Waals surface area (Å²) in [6.07, 6.45) is 0. The van der Waals surface area contributed by atoms with Gasteiger partial charge in [0.2, 0.25) is 0 Å². The average molecular weight is 339 g/mol. The highest BCUT2D eigenvalue weighted by Crippen LogP contribution is 2.38. The van der Waals surface area contributed by atoms with Gasteiger partial charge in [0.1, 0.15) is 17.4 Å². The lowest BCUT2D eigenvalue weighted by Gasteiger charge is -2.28. The second kappa shape index (κ2) is 5.87. The van der Waals surface area contributed by atoms with Gasteiger partial charge >= 0.3 is 5.69 Å². The zero-order chi connectivity index (χ0) is 18.3. The topological polar surface area (TPSA) is 115 Å². The molecule has 128 valence electrons. The van der Waals surface area contributed by atoms with E-state index in [1.807, 2.05) is 0 Å². The zero-order valence-corrected chi connectivity index (χ0v) is 14.0. The van der Waals surface area contributed by atoms with Crippen LogP contribution in [-0.4, -0.2) is 16.2 Å². The number of fused-ring (bicyclic) bond motifs is 1. The average Bonchev–Trinajstić information content (AvgIpc) is 2.63. The van der Waals surface area contributed by atoms with Crippen LogP contribution >= 0.6 is 0 Å². The lowest BCUT2D eigenvalue weighted by atomic mass is 9.84. The first-order valence-electron chi connectivity index (χ1n) is 7.51. The van der Waals surface area contributed by atoms with Crippen molar-refractivity contribution in [2.75, 3.05) is 12.4 Å². The summed E-state index contributed by atoms with van der Waals surface area (Å²) in [6.45, 7) is 0. The molecule has 0 bridgehead atoms. The van der Waals surface area contributed by atoms with Gasteiger partial charge in [0, 0.05) is 14.1 Å². The first-order valence-corrected chi connectivity index (χ1v) is 7.51. The normalized spacial score (nSPS) is 16.0. The van der Waals surface area contributed by atoms with Crippen molar-refractivity contribution in [1.82, 2.24) is 9.13 Å². The van der Waals surface area contributed by atoms with Gasteiger partial charge in [-0.2, -0.15) is 5.26 Å². The number of allylic oxidation sites excluding steroid dienone is 1. The number of nitriles is 1. The number of nitrogens with zero attached hydrogens (tertiary/aromatic N) is 3. The number of nitrogens with two attached hydrogens (primary N) is 1. The van der Waals surface area contributed by atoms with Crippen molar-refractivity contribution in [3.05, 3.63) is 67.6 Å². The molecule has 0 saturated heterocycles. The summed E-state index contributed by atoms with van der Waals surface area (Å²) in [7, 11) is 4.51. The zero-order valence-electron chi connectivity index (χ0n) is 14.0. The molecule has 8 heteroatoms. The Morgan fingerprint density at radius 3 is 2.40 bits per heavy atom. The Hall–Kier alpha value is -3.47. The number of hydrogen-bond donors (Lipinski definition) is 2. The molecule has 0 spiro atoms.